The van der Waals surface area contributed by atoms with Gasteiger partial charge in [0.2, 0.25) is 5.91 Å². The number of benzene rings is 2. The van der Waals surface area contributed by atoms with E-state index in [0.29, 0.717) is 36.9 Å². The normalized spacial score (nSPS) is 21.9. The summed E-state index contributed by atoms with van der Waals surface area (Å²) in [6.45, 7) is 1.33. The van der Waals surface area contributed by atoms with Crippen LogP contribution < -0.4 is 21.0 Å². The van der Waals surface area contributed by atoms with Crippen LogP contribution in [0.5, 0.6) is 5.75 Å². The third-order valence-electron chi connectivity index (χ3n) is 6.94. The molecule has 1 atom stereocenters. The summed E-state index contributed by atoms with van der Waals surface area (Å²) in [7, 11) is -1.28. The van der Waals surface area contributed by atoms with E-state index in [1.54, 1.807) is 12.1 Å². The number of amides is 1. The average Bonchev–Trinajstić information content (AvgIpc) is 2.83. The summed E-state index contributed by atoms with van der Waals surface area (Å²) in [5.74, 6) is -1.35. The van der Waals surface area contributed by atoms with Crippen molar-refractivity contribution in [3.63, 3.8) is 0 Å². The van der Waals surface area contributed by atoms with E-state index in [1.807, 2.05) is 12.1 Å². The number of carboxylic acids is 1. The Labute approximate surface area is 200 Å². The molecule has 0 spiro atoms. The maximum Gasteiger partial charge on any atom is 0.547 e. The lowest BCUT2D eigenvalue weighted by Gasteiger charge is -2.31. The fourth-order valence-electron chi connectivity index (χ4n) is 5.00. The van der Waals surface area contributed by atoms with Crippen molar-refractivity contribution < 1.29 is 24.4 Å². The SMILES string of the molecule is NCc1ccccc1CNC1CCC(CC(=O)NC2Cc3cccc(C(=O)O)c3OB2O)CC1. The van der Waals surface area contributed by atoms with Crippen LogP contribution in [-0.4, -0.2) is 41.1 Å². The summed E-state index contributed by atoms with van der Waals surface area (Å²) in [6.07, 6.45) is 4.71. The van der Waals surface area contributed by atoms with Gasteiger partial charge in [-0.2, -0.15) is 0 Å². The molecule has 9 heteroatoms. The predicted octanol–water partition coefficient (Wildman–Crippen LogP) is 2.02. The van der Waals surface area contributed by atoms with Crippen molar-refractivity contribution in [1.29, 1.82) is 0 Å². The van der Waals surface area contributed by atoms with Gasteiger partial charge in [0.15, 0.2) is 0 Å². The Morgan fingerprint density at radius 3 is 2.50 bits per heavy atom. The first kappa shape index (κ1) is 24.3. The Morgan fingerprint density at radius 2 is 1.79 bits per heavy atom. The lowest BCUT2D eigenvalue weighted by molar-refractivity contribution is -0.122. The number of hydrogen-bond acceptors (Lipinski definition) is 6. The second-order valence-electron chi connectivity index (χ2n) is 9.26. The smallest absolute Gasteiger partial charge is 0.534 e. The Balaban J connectivity index is 1.23. The van der Waals surface area contributed by atoms with Gasteiger partial charge in [0.1, 0.15) is 5.75 Å². The van der Waals surface area contributed by atoms with Gasteiger partial charge in [0, 0.05) is 25.6 Å². The van der Waals surface area contributed by atoms with E-state index >= 15 is 0 Å². The Bertz CT molecular complexity index is 1030. The molecule has 1 heterocycles. The molecule has 2 aliphatic rings. The molecule has 2 aromatic carbocycles. The second kappa shape index (κ2) is 11.0. The number of hydrogen-bond donors (Lipinski definition) is 5. The van der Waals surface area contributed by atoms with E-state index in [-0.39, 0.29) is 17.2 Å². The number of nitrogens with one attached hydrogen (secondary N) is 2. The number of rotatable bonds is 8. The zero-order valence-electron chi connectivity index (χ0n) is 19.2. The van der Waals surface area contributed by atoms with Crippen LogP contribution in [0.4, 0.5) is 0 Å². The molecule has 0 radical (unpaired) electrons. The third-order valence-corrected chi connectivity index (χ3v) is 6.94. The highest BCUT2D eigenvalue weighted by molar-refractivity contribution is 6.47. The van der Waals surface area contributed by atoms with E-state index in [2.05, 4.69) is 22.8 Å². The van der Waals surface area contributed by atoms with Crippen LogP contribution in [-0.2, 0) is 24.3 Å². The molecule has 6 N–H and O–H groups in total. The number of fused-ring (bicyclic) bond motifs is 1. The number of carbonyl (C=O) groups excluding carboxylic acids is 1. The highest BCUT2D eigenvalue weighted by Crippen LogP contribution is 2.31. The van der Waals surface area contributed by atoms with Crippen LogP contribution in [0.3, 0.4) is 0 Å². The molecule has 2 aromatic rings. The zero-order chi connectivity index (χ0) is 24.1. The highest BCUT2D eigenvalue weighted by atomic mass is 16.5. The quantitative estimate of drug-likeness (QED) is 0.377. The molecule has 4 rings (SSSR count). The number of para-hydroxylation sites is 1. The van der Waals surface area contributed by atoms with Gasteiger partial charge in [-0.1, -0.05) is 36.4 Å². The van der Waals surface area contributed by atoms with Crippen molar-refractivity contribution in [1.82, 2.24) is 10.6 Å². The summed E-state index contributed by atoms with van der Waals surface area (Å²) in [6, 6.07) is 13.5. The summed E-state index contributed by atoms with van der Waals surface area (Å²) in [5, 5.41) is 26.2. The molecule has 1 fully saturated rings. The summed E-state index contributed by atoms with van der Waals surface area (Å²) in [4.78, 5) is 24.1. The van der Waals surface area contributed by atoms with Crippen molar-refractivity contribution in [3.05, 3.63) is 64.7 Å². The summed E-state index contributed by atoms with van der Waals surface area (Å²) >= 11 is 0. The van der Waals surface area contributed by atoms with Gasteiger partial charge in [0.25, 0.3) is 0 Å². The van der Waals surface area contributed by atoms with E-state index in [0.717, 1.165) is 37.8 Å². The van der Waals surface area contributed by atoms with Gasteiger partial charge in [-0.3, -0.25) is 4.79 Å². The number of carboxylic acid groups (broad SMARTS) is 1. The first-order valence-electron chi connectivity index (χ1n) is 11.9. The maximum absolute atomic E-state index is 12.7. The standard InChI is InChI=1S/C25H32BN3O5/c27-14-18-4-1-2-5-19(18)15-28-20-10-8-16(9-11-20)12-23(30)29-22-13-17-6-3-7-21(25(31)32)24(17)34-26(22)33/h1-7,16,20,22,28,33H,8-15,27H2,(H,29,30)(H,31,32). The van der Waals surface area contributed by atoms with E-state index in [4.69, 9.17) is 10.4 Å². The Hall–Kier alpha value is -2.88. The topological polar surface area (TPSA) is 134 Å². The first-order chi connectivity index (χ1) is 16.4. The Morgan fingerprint density at radius 1 is 1.06 bits per heavy atom. The molecule has 0 aromatic heterocycles. The monoisotopic (exact) mass is 465 g/mol. The minimum absolute atomic E-state index is 0.0122. The third kappa shape index (κ3) is 5.78. The predicted molar refractivity (Wildman–Crippen MR) is 129 cm³/mol. The molecule has 8 nitrogen and oxygen atoms in total. The summed E-state index contributed by atoms with van der Waals surface area (Å²) in [5.41, 5.74) is 8.90. The molecule has 1 saturated carbocycles. The van der Waals surface area contributed by atoms with Crippen molar-refractivity contribution in [3.8, 4) is 5.75 Å². The number of nitrogens with two attached hydrogens (primary N) is 1. The van der Waals surface area contributed by atoms with Crippen LogP contribution in [0, 0.1) is 5.92 Å². The molecular formula is C25H32BN3O5. The van der Waals surface area contributed by atoms with Gasteiger partial charge < -0.3 is 31.2 Å². The van der Waals surface area contributed by atoms with Crippen molar-refractivity contribution in [2.24, 2.45) is 11.7 Å². The van der Waals surface area contributed by atoms with Crippen LogP contribution >= 0.6 is 0 Å². The van der Waals surface area contributed by atoms with Crippen molar-refractivity contribution >= 4 is 19.0 Å². The van der Waals surface area contributed by atoms with E-state index < -0.39 is 19.0 Å². The molecular weight excluding hydrogens is 433 g/mol. The Kier molecular flexibility index (Phi) is 7.87. The molecule has 1 unspecified atom stereocenters. The molecule has 180 valence electrons. The average molecular weight is 465 g/mol. The van der Waals surface area contributed by atoms with Crippen LogP contribution in [0.1, 0.15) is 59.2 Å². The zero-order valence-corrected chi connectivity index (χ0v) is 19.2. The lowest BCUT2D eigenvalue weighted by Crippen LogP contribution is -2.53. The van der Waals surface area contributed by atoms with E-state index in [1.165, 1.54) is 11.6 Å². The van der Waals surface area contributed by atoms with E-state index in [9.17, 15) is 19.7 Å². The van der Waals surface area contributed by atoms with Crippen LogP contribution in [0.25, 0.3) is 0 Å². The maximum atomic E-state index is 12.7. The number of carbonyl (C=O) groups is 2. The van der Waals surface area contributed by atoms with Gasteiger partial charge in [0.05, 0.1) is 11.5 Å². The lowest BCUT2D eigenvalue weighted by atomic mass is 9.72. The number of aromatic carboxylic acids is 1. The second-order valence-corrected chi connectivity index (χ2v) is 9.26. The van der Waals surface area contributed by atoms with Crippen LogP contribution in [0.2, 0.25) is 0 Å². The molecule has 1 aliphatic heterocycles. The molecule has 1 aliphatic carbocycles. The fourth-order valence-corrected chi connectivity index (χ4v) is 5.00. The molecule has 0 saturated heterocycles. The highest BCUT2D eigenvalue weighted by Gasteiger charge is 2.38. The fraction of sp³-hybridized carbons (Fsp3) is 0.440. The summed E-state index contributed by atoms with van der Waals surface area (Å²) < 4.78 is 5.47. The van der Waals surface area contributed by atoms with Gasteiger partial charge in [-0.15, -0.1) is 0 Å². The van der Waals surface area contributed by atoms with Crippen LogP contribution in [0.15, 0.2) is 42.5 Å². The molecule has 1 amide bonds. The van der Waals surface area contributed by atoms with Gasteiger partial charge in [-0.05, 0) is 60.8 Å². The first-order valence-corrected chi connectivity index (χ1v) is 11.9. The largest absolute Gasteiger partial charge is 0.547 e. The van der Waals surface area contributed by atoms with Crippen molar-refractivity contribution in [2.75, 3.05) is 0 Å². The van der Waals surface area contributed by atoms with Gasteiger partial charge in [-0.25, -0.2) is 4.79 Å². The molecule has 0 bridgehead atoms. The molecule has 34 heavy (non-hydrogen) atoms. The minimum Gasteiger partial charge on any atom is -0.534 e. The minimum atomic E-state index is -1.28. The van der Waals surface area contributed by atoms with Gasteiger partial charge >= 0.3 is 13.1 Å². The van der Waals surface area contributed by atoms with Crippen molar-refractivity contribution in [2.45, 2.75) is 63.6 Å².